The minimum Gasteiger partial charge on any atom is -0.456 e. The fraction of sp³-hybridized carbons (Fsp3) is 0.800. The zero-order valence-electron chi connectivity index (χ0n) is 15.4. The van der Waals surface area contributed by atoms with E-state index in [1.807, 2.05) is 0 Å². The molecule has 1 N–H and O–H groups in total. The van der Waals surface area contributed by atoms with Gasteiger partial charge in [-0.2, -0.15) is 8.42 Å². The molecule has 0 amide bonds. The number of hydrogen-bond acceptors (Lipinski definition) is 10. The van der Waals surface area contributed by atoms with Crippen LogP contribution in [0.2, 0.25) is 0 Å². The van der Waals surface area contributed by atoms with Crippen molar-refractivity contribution in [3.8, 4) is 0 Å². The van der Waals surface area contributed by atoms with Crippen molar-refractivity contribution in [1.82, 2.24) is 0 Å². The second kappa shape index (κ2) is 9.97. The van der Waals surface area contributed by atoms with Crippen molar-refractivity contribution < 1.29 is 51.0 Å². The molecule has 0 aromatic heterocycles. The number of carbonyl (C=O) groups is 3. The van der Waals surface area contributed by atoms with Crippen LogP contribution in [0, 0.1) is 0 Å². The predicted molar refractivity (Wildman–Crippen MR) is 88.0 cm³/mol. The lowest BCUT2D eigenvalue weighted by atomic mass is 9.98. The summed E-state index contributed by atoms with van der Waals surface area (Å²) in [5.74, 6) is -3.33. The summed E-state index contributed by atoms with van der Waals surface area (Å²) in [6, 6.07) is 0. The zero-order valence-corrected chi connectivity index (χ0v) is 16.3. The van der Waals surface area contributed by atoms with Crippen LogP contribution in [0.4, 0.5) is 0 Å². The molecular formula is C15H24O11S. The molecule has 12 heteroatoms. The van der Waals surface area contributed by atoms with Crippen LogP contribution in [0.25, 0.3) is 0 Å². The first kappa shape index (κ1) is 23.3. The fourth-order valence-electron chi connectivity index (χ4n) is 2.56. The van der Waals surface area contributed by atoms with Crippen molar-refractivity contribution in [1.29, 1.82) is 0 Å². The van der Waals surface area contributed by atoms with Crippen LogP contribution in [0.15, 0.2) is 0 Å². The molecule has 1 rings (SSSR count). The Kier molecular flexibility index (Phi) is 8.59. The number of esters is 3. The highest BCUT2D eigenvalue weighted by molar-refractivity contribution is 7.85. The number of ether oxygens (including phenoxy) is 5. The van der Waals surface area contributed by atoms with E-state index in [9.17, 15) is 27.4 Å². The highest BCUT2D eigenvalue weighted by Gasteiger charge is 2.53. The molecule has 0 unspecified atom stereocenters. The Labute approximate surface area is 157 Å². The average molecular weight is 412 g/mol. The fourth-order valence-corrected chi connectivity index (χ4v) is 3.25. The second-order valence-corrected chi connectivity index (χ2v) is 7.38. The van der Waals surface area contributed by atoms with Crippen LogP contribution in [0.3, 0.4) is 0 Å². The first-order valence-corrected chi connectivity index (χ1v) is 9.79. The van der Waals surface area contributed by atoms with Crippen LogP contribution >= 0.6 is 0 Å². The summed E-state index contributed by atoms with van der Waals surface area (Å²) in [7, 11) is -4.55. The first-order valence-electron chi connectivity index (χ1n) is 8.18. The van der Waals surface area contributed by atoms with Gasteiger partial charge in [0.15, 0.2) is 24.6 Å². The molecule has 1 saturated heterocycles. The molecule has 0 aromatic carbocycles. The lowest BCUT2D eigenvalue weighted by Gasteiger charge is -2.44. The maximum absolute atomic E-state index is 11.5. The number of hydrogen-bond donors (Lipinski definition) is 1. The van der Waals surface area contributed by atoms with E-state index >= 15 is 0 Å². The summed E-state index contributed by atoms with van der Waals surface area (Å²) in [5.41, 5.74) is 0. The topological polar surface area (TPSA) is 152 Å². The van der Waals surface area contributed by atoms with Gasteiger partial charge in [0.25, 0.3) is 10.1 Å². The van der Waals surface area contributed by atoms with Crippen molar-refractivity contribution in [3.05, 3.63) is 0 Å². The third-order valence-electron chi connectivity index (χ3n) is 3.36. The molecule has 1 fully saturated rings. The van der Waals surface area contributed by atoms with Crippen molar-refractivity contribution in [3.63, 3.8) is 0 Å². The van der Waals surface area contributed by atoms with Gasteiger partial charge in [0, 0.05) is 27.4 Å². The molecule has 0 bridgehead atoms. The van der Waals surface area contributed by atoms with E-state index in [0.717, 1.165) is 20.8 Å². The molecule has 0 aliphatic carbocycles. The molecule has 1 aliphatic rings. The molecule has 0 saturated carbocycles. The second-order valence-electron chi connectivity index (χ2n) is 5.88. The largest absolute Gasteiger partial charge is 0.456 e. The van der Waals surface area contributed by atoms with E-state index in [1.165, 1.54) is 0 Å². The Bertz CT molecular complexity index is 644. The third-order valence-corrected chi connectivity index (χ3v) is 4.11. The van der Waals surface area contributed by atoms with Gasteiger partial charge < -0.3 is 23.7 Å². The summed E-state index contributed by atoms with van der Waals surface area (Å²) < 4.78 is 58.1. The summed E-state index contributed by atoms with van der Waals surface area (Å²) in [5, 5.41) is 0. The molecule has 0 aromatic rings. The maximum Gasteiger partial charge on any atom is 0.303 e. The van der Waals surface area contributed by atoms with Crippen LogP contribution < -0.4 is 0 Å². The standard InChI is InChI=1S/C15H24O11S/c1-5-6-22-15-14(25-10(4)18)13(24-9(3)17)12(23-8(2)16)11(26-15)7-27(19,20)21/h11-15H,5-7H2,1-4H3,(H,19,20,21)/t11-,12+,13+,14+,15+/m0/s1. The monoisotopic (exact) mass is 412 g/mol. The molecule has 1 heterocycles. The van der Waals surface area contributed by atoms with E-state index < -0.39 is 64.5 Å². The number of carbonyl (C=O) groups excluding carboxylic acids is 3. The predicted octanol–water partition coefficient (Wildman–Crippen LogP) is -0.179. The Hall–Kier alpha value is -1.76. The summed E-state index contributed by atoms with van der Waals surface area (Å²) >= 11 is 0. The highest BCUT2D eigenvalue weighted by Crippen LogP contribution is 2.30. The Balaban J connectivity index is 3.33. The zero-order chi connectivity index (χ0) is 20.8. The highest BCUT2D eigenvalue weighted by atomic mass is 32.2. The lowest BCUT2D eigenvalue weighted by Crippen LogP contribution is -2.63. The van der Waals surface area contributed by atoms with E-state index in [2.05, 4.69) is 0 Å². The van der Waals surface area contributed by atoms with Crippen LogP contribution in [0.1, 0.15) is 34.1 Å². The Morgan fingerprint density at radius 1 is 0.926 bits per heavy atom. The SMILES string of the molecule is CCCO[C@@H]1O[C@@H](CS(=O)(=O)O)[C@@H](OC(C)=O)[C@@H](OC(C)=O)[C@H]1OC(C)=O. The van der Waals surface area contributed by atoms with Crippen LogP contribution in [-0.4, -0.2) is 73.9 Å². The molecule has 1 aliphatic heterocycles. The quantitative estimate of drug-likeness (QED) is 0.321. The minimum absolute atomic E-state index is 0.159. The molecular weight excluding hydrogens is 388 g/mol. The minimum atomic E-state index is -4.55. The van der Waals surface area contributed by atoms with E-state index in [4.69, 9.17) is 23.7 Å². The van der Waals surface area contributed by atoms with Crippen LogP contribution in [0.5, 0.6) is 0 Å². The van der Waals surface area contributed by atoms with Gasteiger partial charge in [0.05, 0.1) is 0 Å². The van der Waals surface area contributed by atoms with Gasteiger partial charge in [-0.3, -0.25) is 18.9 Å². The van der Waals surface area contributed by atoms with Crippen molar-refractivity contribution in [2.75, 3.05) is 12.4 Å². The van der Waals surface area contributed by atoms with Gasteiger partial charge in [0.1, 0.15) is 11.9 Å². The van der Waals surface area contributed by atoms with Gasteiger partial charge >= 0.3 is 17.9 Å². The van der Waals surface area contributed by atoms with Crippen LogP contribution in [-0.2, 0) is 48.2 Å². The maximum atomic E-state index is 11.5. The van der Waals surface area contributed by atoms with Gasteiger partial charge in [0.2, 0.25) is 0 Å². The first-order chi connectivity index (χ1) is 12.4. The smallest absolute Gasteiger partial charge is 0.303 e. The molecule has 5 atom stereocenters. The molecule has 27 heavy (non-hydrogen) atoms. The summed E-state index contributed by atoms with van der Waals surface area (Å²) in [6.07, 6.45) is -6.36. The average Bonchev–Trinajstić information content (AvgIpc) is 2.48. The van der Waals surface area contributed by atoms with Crippen molar-refractivity contribution in [2.45, 2.75) is 64.8 Å². The van der Waals surface area contributed by atoms with Crippen molar-refractivity contribution >= 4 is 28.0 Å². The van der Waals surface area contributed by atoms with Crippen molar-refractivity contribution in [2.24, 2.45) is 0 Å². The third kappa shape index (κ3) is 7.79. The summed E-state index contributed by atoms with van der Waals surface area (Å²) in [6.45, 7) is 5.18. The van der Waals surface area contributed by atoms with Gasteiger partial charge in [-0.15, -0.1) is 0 Å². The Morgan fingerprint density at radius 3 is 1.85 bits per heavy atom. The van der Waals surface area contributed by atoms with Gasteiger partial charge in [-0.1, -0.05) is 6.92 Å². The summed E-state index contributed by atoms with van der Waals surface area (Å²) in [4.78, 5) is 34.5. The molecule has 11 nitrogen and oxygen atoms in total. The van der Waals surface area contributed by atoms with E-state index in [1.54, 1.807) is 6.92 Å². The number of rotatable bonds is 8. The lowest BCUT2D eigenvalue weighted by molar-refractivity contribution is -0.300. The van der Waals surface area contributed by atoms with Gasteiger partial charge in [-0.05, 0) is 6.42 Å². The van der Waals surface area contributed by atoms with Gasteiger partial charge in [-0.25, -0.2) is 0 Å². The molecule has 156 valence electrons. The normalized spacial score (nSPS) is 28.3. The molecule has 0 spiro atoms. The van der Waals surface area contributed by atoms with E-state index in [-0.39, 0.29) is 6.61 Å². The van der Waals surface area contributed by atoms with E-state index in [0.29, 0.717) is 6.42 Å². The Morgan fingerprint density at radius 2 is 1.41 bits per heavy atom. The molecule has 0 radical (unpaired) electrons.